The van der Waals surface area contributed by atoms with Gasteiger partial charge in [-0.05, 0) is 38.2 Å². The molecular weight excluding hydrogens is 278 g/mol. The summed E-state index contributed by atoms with van der Waals surface area (Å²) in [5, 5.41) is 6.64. The maximum absolute atomic E-state index is 6.24. The monoisotopic (exact) mass is 303 g/mol. The second-order valence-electron chi connectivity index (χ2n) is 5.84. The van der Waals surface area contributed by atoms with Gasteiger partial charge in [0.05, 0.1) is 13.2 Å². The largest absolute Gasteiger partial charge is 0.493 e. The van der Waals surface area contributed by atoms with E-state index in [4.69, 9.17) is 9.47 Å². The summed E-state index contributed by atoms with van der Waals surface area (Å²) in [6, 6.07) is 6.06. The maximum atomic E-state index is 6.24. The van der Waals surface area contributed by atoms with Crippen LogP contribution in [-0.2, 0) is 6.54 Å². The Morgan fingerprint density at radius 3 is 2.86 bits per heavy atom. The molecule has 0 unspecified atom stereocenters. The average molecular weight is 303 g/mol. The molecule has 0 spiro atoms. The molecule has 5 heteroatoms. The highest BCUT2D eigenvalue weighted by atomic mass is 16.5. The third kappa shape index (κ3) is 3.64. The van der Waals surface area contributed by atoms with Crippen LogP contribution in [0.25, 0.3) is 0 Å². The van der Waals surface area contributed by atoms with Crippen LogP contribution < -0.4 is 20.1 Å². The number of ether oxygens (including phenoxy) is 2. The molecule has 0 aromatic heterocycles. The fraction of sp³-hybridized carbons (Fsp3) is 0.588. The lowest BCUT2D eigenvalue weighted by Gasteiger charge is -2.21. The zero-order valence-electron chi connectivity index (χ0n) is 13.2. The van der Waals surface area contributed by atoms with Crippen molar-refractivity contribution >= 4 is 5.96 Å². The Hall–Kier alpha value is -1.91. The van der Waals surface area contributed by atoms with E-state index in [1.807, 2.05) is 12.1 Å². The average Bonchev–Trinajstić information content (AvgIpc) is 3.08. The van der Waals surface area contributed by atoms with E-state index < -0.39 is 0 Å². The van der Waals surface area contributed by atoms with Crippen LogP contribution in [0.2, 0.25) is 0 Å². The molecule has 1 aliphatic carbocycles. The lowest BCUT2D eigenvalue weighted by atomic mass is 10.1. The molecule has 5 nitrogen and oxygen atoms in total. The predicted octanol–water partition coefficient (Wildman–Crippen LogP) is 2.46. The number of aliphatic imine (C=N–C) groups is 1. The van der Waals surface area contributed by atoms with Gasteiger partial charge < -0.3 is 20.1 Å². The molecule has 1 heterocycles. The smallest absolute Gasteiger partial charge is 0.191 e. The van der Waals surface area contributed by atoms with Gasteiger partial charge in [-0.15, -0.1) is 0 Å². The van der Waals surface area contributed by atoms with Gasteiger partial charge in [0.2, 0.25) is 0 Å². The summed E-state index contributed by atoms with van der Waals surface area (Å²) in [6.07, 6.45) is 6.21. The first-order chi connectivity index (χ1) is 10.9. The van der Waals surface area contributed by atoms with Gasteiger partial charge in [0.15, 0.2) is 17.5 Å². The van der Waals surface area contributed by atoms with Gasteiger partial charge in [-0.1, -0.05) is 12.1 Å². The molecule has 1 aliphatic heterocycles. The highest BCUT2D eigenvalue weighted by Gasteiger charge is 2.20. The van der Waals surface area contributed by atoms with Crippen LogP contribution in [0.3, 0.4) is 0 Å². The quantitative estimate of drug-likeness (QED) is 0.877. The van der Waals surface area contributed by atoms with Crippen molar-refractivity contribution in [2.45, 2.75) is 44.8 Å². The van der Waals surface area contributed by atoms with Gasteiger partial charge in [-0.25, -0.2) is 0 Å². The number of nitrogens with zero attached hydrogens (tertiary/aromatic N) is 1. The molecule has 2 N–H and O–H groups in total. The Balaban J connectivity index is 1.72. The van der Waals surface area contributed by atoms with E-state index in [0.717, 1.165) is 55.4 Å². The summed E-state index contributed by atoms with van der Waals surface area (Å²) in [4.78, 5) is 4.44. The molecule has 1 saturated carbocycles. The van der Waals surface area contributed by atoms with Gasteiger partial charge >= 0.3 is 0 Å². The molecule has 1 aromatic carbocycles. The van der Waals surface area contributed by atoms with E-state index in [1.165, 1.54) is 12.8 Å². The lowest BCUT2D eigenvalue weighted by Crippen LogP contribution is -2.40. The Labute approximate surface area is 132 Å². The van der Waals surface area contributed by atoms with Crippen LogP contribution in [0.5, 0.6) is 11.5 Å². The van der Waals surface area contributed by atoms with Gasteiger partial charge in [-0.2, -0.15) is 0 Å². The van der Waals surface area contributed by atoms with Crippen molar-refractivity contribution in [2.24, 2.45) is 4.99 Å². The van der Waals surface area contributed by atoms with Crippen molar-refractivity contribution < 1.29 is 9.47 Å². The summed E-state index contributed by atoms with van der Waals surface area (Å²) >= 11 is 0. The van der Waals surface area contributed by atoms with E-state index in [-0.39, 0.29) is 0 Å². The first-order valence-corrected chi connectivity index (χ1v) is 8.21. The number of hydrogen-bond acceptors (Lipinski definition) is 5. The van der Waals surface area contributed by atoms with Crippen molar-refractivity contribution in [1.82, 2.24) is 10.6 Å². The standard InChI is InChI=1S/C17H25N3O2/c1-21-15-9-4-6-13(12-20-17-18-10-5-11-19-17)16(15)22-14-7-2-3-8-14/h4,6,9,14H,2-3,5,7-8,10-12H2,1H3,(H2,18,19,20). The molecule has 2 aliphatic rings. The first-order valence-electron chi connectivity index (χ1n) is 8.21. The number of methoxy groups -OCH3 is 1. The minimum Gasteiger partial charge on any atom is -0.493 e. The molecule has 0 saturated heterocycles. The second kappa shape index (κ2) is 7.38. The third-order valence-electron chi connectivity index (χ3n) is 4.21. The summed E-state index contributed by atoms with van der Waals surface area (Å²) in [7, 11) is 1.70. The second-order valence-corrected chi connectivity index (χ2v) is 5.84. The molecule has 3 rings (SSSR count). The number of nitrogens with one attached hydrogen (secondary N) is 2. The van der Waals surface area contributed by atoms with Gasteiger partial charge in [0, 0.05) is 25.2 Å². The van der Waals surface area contributed by atoms with Crippen LogP contribution in [0, 0.1) is 0 Å². The van der Waals surface area contributed by atoms with Crippen LogP contribution in [0.1, 0.15) is 37.7 Å². The molecule has 22 heavy (non-hydrogen) atoms. The van der Waals surface area contributed by atoms with Crippen molar-refractivity contribution in [1.29, 1.82) is 0 Å². The van der Waals surface area contributed by atoms with E-state index in [9.17, 15) is 0 Å². The topological polar surface area (TPSA) is 54.9 Å². The van der Waals surface area contributed by atoms with E-state index >= 15 is 0 Å². The van der Waals surface area contributed by atoms with Crippen molar-refractivity contribution in [3.8, 4) is 11.5 Å². The number of hydrogen-bond donors (Lipinski definition) is 2. The Morgan fingerprint density at radius 2 is 2.14 bits per heavy atom. The zero-order valence-corrected chi connectivity index (χ0v) is 13.2. The predicted molar refractivity (Wildman–Crippen MR) is 87.6 cm³/mol. The minimum absolute atomic E-state index is 0.320. The fourth-order valence-corrected chi connectivity index (χ4v) is 3.00. The summed E-state index contributed by atoms with van der Waals surface area (Å²) in [5.41, 5.74) is 1.11. The molecular formula is C17H25N3O2. The molecule has 1 aromatic rings. The van der Waals surface area contributed by atoms with E-state index in [0.29, 0.717) is 12.6 Å². The lowest BCUT2D eigenvalue weighted by molar-refractivity contribution is 0.198. The van der Waals surface area contributed by atoms with Crippen molar-refractivity contribution in [3.63, 3.8) is 0 Å². The summed E-state index contributed by atoms with van der Waals surface area (Å²) in [5.74, 6) is 2.56. The Kier molecular flexibility index (Phi) is 5.03. The SMILES string of the molecule is COc1cccc(CNC2=NCCCN2)c1OC1CCCC1. The molecule has 0 amide bonds. The highest BCUT2D eigenvalue weighted by molar-refractivity contribution is 5.80. The maximum Gasteiger partial charge on any atom is 0.191 e. The molecule has 0 atom stereocenters. The molecule has 0 bridgehead atoms. The van der Waals surface area contributed by atoms with Gasteiger partial charge in [0.25, 0.3) is 0 Å². The van der Waals surface area contributed by atoms with Crippen molar-refractivity contribution in [2.75, 3.05) is 20.2 Å². The molecule has 1 fully saturated rings. The minimum atomic E-state index is 0.320. The van der Waals surface area contributed by atoms with E-state index in [2.05, 4.69) is 21.7 Å². The van der Waals surface area contributed by atoms with E-state index in [1.54, 1.807) is 7.11 Å². The van der Waals surface area contributed by atoms with Crippen LogP contribution in [0.4, 0.5) is 0 Å². The number of para-hydroxylation sites is 1. The summed E-state index contributed by atoms with van der Waals surface area (Å²) < 4.78 is 11.7. The van der Waals surface area contributed by atoms with Gasteiger partial charge in [-0.3, -0.25) is 4.99 Å². The number of benzene rings is 1. The van der Waals surface area contributed by atoms with Crippen LogP contribution in [0.15, 0.2) is 23.2 Å². The summed E-state index contributed by atoms with van der Waals surface area (Å²) in [6.45, 7) is 2.55. The fourth-order valence-electron chi connectivity index (χ4n) is 3.00. The number of rotatable bonds is 5. The van der Waals surface area contributed by atoms with Crippen LogP contribution >= 0.6 is 0 Å². The first kappa shape index (κ1) is 15.0. The molecule has 120 valence electrons. The Morgan fingerprint density at radius 1 is 1.27 bits per heavy atom. The zero-order chi connectivity index (χ0) is 15.2. The highest BCUT2D eigenvalue weighted by Crippen LogP contribution is 2.34. The number of guanidine groups is 1. The Bertz CT molecular complexity index is 525. The normalized spacial score (nSPS) is 18.5. The van der Waals surface area contributed by atoms with Gasteiger partial charge in [0.1, 0.15) is 0 Å². The van der Waals surface area contributed by atoms with Crippen molar-refractivity contribution in [3.05, 3.63) is 23.8 Å². The molecule has 0 radical (unpaired) electrons. The third-order valence-corrected chi connectivity index (χ3v) is 4.21. The van der Waals surface area contributed by atoms with Crippen LogP contribution in [-0.4, -0.2) is 32.3 Å².